The van der Waals surface area contributed by atoms with Gasteiger partial charge in [0, 0.05) is 24.7 Å². The zero-order valence-electron chi connectivity index (χ0n) is 10.5. The van der Waals surface area contributed by atoms with Crippen LogP contribution in [0.5, 0.6) is 0 Å². The van der Waals surface area contributed by atoms with Crippen LogP contribution in [0.4, 0.5) is 0 Å². The van der Waals surface area contributed by atoms with E-state index in [1.54, 1.807) is 31.3 Å². The second-order valence-corrected chi connectivity index (χ2v) is 3.91. The van der Waals surface area contributed by atoms with Crippen LogP contribution < -0.4 is 16.4 Å². The van der Waals surface area contributed by atoms with Crippen LogP contribution >= 0.6 is 0 Å². The van der Waals surface area contributed by atoms with E-state index in [0.29, 0.717) is 24.2 Å². The number of rotatable bonds is 6. The van der Waals surface area contributed by atoms with Crippen molar-refractivity contribution in [2.24, 2.45) is 5.73 Å². The topological polar surface area (TPSA) is 84.2 Å². The Bertz CT molecular complexity index is 418. The van der Waals surface area contributed by atoms with E-state index in [9.17, 15) is 9.59 Å². The van der Waals surface area contributed by atoms with Crippen LogP contribution in [-0.4, -0.2) is 32.0 Å². The Balaban J connectivity index is 2.60. The van der Waals surface area contributed by atoms with Gasteiger partial charge >= 0.3 is 0 Å². The highest BCUT2D eigenvalue weighted by atomic mass is 16.2. The average Bonchev–Trinajstić information content (AvgIpc) is 2.42. The van der Waals surface area contributed by atoms with Crippen LogP contribution in [0.3, 0.4) is 0 Å². The van der Waals surface area contributed by atoms with Crippen molar-refractivity contribution < 1.29 is 9.59 Å². The van der Waals surface area contributed by atoms with Gasteiger partial charge in [0.05, 0.1) is 0 Å². The summed E-state index contributed by atoms with van der Waals surface area (Å²) in [5.41, 5.74) is 6.34. The number of nitrogens with one attached hydrogen (secondary N) is 2. The van der Waals surface area contributed by atoms with Crippen molar-refractivity contribution in [3.8, 4) is 0 Å². The predicted octanol–water partition coefficient (Wildman–Crippen LogP) is 0.515. The highest BCUT2D eigenvalue weighted by Gasteiger charge is 2.08. The minimum absolute atomic E-state index is 0.169. The molecule has 0 aromatic heterocycles. The van der Waals surface area contributed by atoms with Crippen molar-refractivity contribution in [2.45, 2.75) is 12.8 Å². The van der Waals surface area contributed by atoms with Crippen molar-refractivity contribution in [2.75, 3.05) is 20.1 Å². The van der Waals surface area contributed by atoms with Crippen molar-refractivity contribution in [3.63, 3.8) is 0 Å². The molecule has 0 radical (unpaired) electrons. The van der Waals surface area contributed by atoms with Crippen molar-refractivity contribution in [3.05, 3.63) is 35.4 Å². The van der Waals surface area contributed by atoms with E-state index in [-0.39, 0.29) is 11.8 Å². The Kier molecular flexibility index (Phi) is 5.87. The van der Waals surface area contributed by atoms with Gasteiger partial charge in [0.25, 0.3) is 11.8 Å². The Hall–Kier alpha value is -1.88. The fourth-order valence-corrected chi connectivity index (χ4v) is 1.52. The number of benzene rings is 1. The van der Waals surface area contributed by atoms with Crippen LogP contribution in [0.1, 0.15) is 33.6 Å². The zero-order chi connectivity index (χ0) is 13.4. The molecule has 5 heteroatoms. The van der Waals surface area contributed by atoms with Crippen LogP contribution in [0.2, 0.25) is 0 Å². The van der Waals surface area contributed by atoms with Gasteiger partial charge in [-0.3, -0.25) is 9.59 Å². The number of carbonyl (C=O) groups excluding carboxylic acids is 2. The molecule has 0 unspecified atom stereocenters. The number of hydrogen-bond donors (Lipinski definition) is 3. The van der Waals surface area contributed by atoms with Gasteiger partial charge in [-0.2, -0.15) is 0 Å². The number of hydrogen-bond acceptors (Lipinski definition) is 3. The molecule has 1 rings (SSSR count). The van der Waals surface area contributed by atoms with Crippen molar-refractivity contribution in [1.29, 1.82) is 0 Å². The second kappa shape index (κ2) is 7.45. The second-order valence-electron chi connectivity index (χ2n) is 3.91. The Morgan fingerprint density at radius 2 is 1.83 bits per heavy atom. The molecule has 2 amide bonds. The molecule has 0 bridgehead atoms. The van der Waals surface area contributed by atoms with Crippen LogP contribution in [0.25, 0.3) is 0 Å². The van der Waals surface area contributed by atoms with Gasteiger partial charge in [-0.1, -0.05) is 6.07 Å². The Labute approximate surface area is 107 Å². The summed E-state index contributed by atoms with van der Waals surface area (Å²) in [6.07, 6.45) is 1.75. The number of nitrogens with two attached hydrogens (primary N) is 1. The largest absolute Gasteiger partial charge is 0.355 e. The minimum atomic E-state index is -0.201. The maximum atomic E-state index is 11.8. The molecule has 0 fully saturated rings. The van der Waals surface area contributed by atoms with Gasteiger partial charge in [-0.15, -0.1) is 0 Å². The molecule has 5 nitrogen and oxygen atoms in total. The predicted molar refractivity (Wildman–Crippen MR) is 70.5 cm³/mol. The van der Waals surface area contributed by atoms with E-state index < -0.39 is 0 Å². The van der Waals surface area contributed by atoms with Gasteiger partial charge in [0.15, 0.2) is 0 Å². The van der Waals surface area contributed by atoms with Crippen LogP contribution in [-0.2, 0) is 0 Å². The number of amides is 2. The van der Waals surface area contributed by atoms with Crippen molar-refractivity contribution in [1.82, 2.24) is 10.6 Å². The monoisotopic (exact) mass is 249 g/mol. The van der Waals surface area contributed by atoms with Gasteiger partial charge in [-0.05, 0) is 37.6 Å². The molecule has 18 heavy (non-hydrogen) atoms. The molecule has 0 saturated heterocycles. The summed E-state index contributed by atoms with van der Waals surface area (Å²) in [5, 5.41) is 5.31. The lowest BCUT2D eigenvalue weighted by molar-refractivity contribution is 0.0953. The number of carbonyl (C=O) groups is 2. The normalized spacial score (nSPS) is 9.89. The molecule has 98 valence electrons. The smallest absolute Gasteiger partial charge is 0.251 e. The third-order valence-electron chi connectivity index (χ3n) is 2.53. The SMILES string of the molecule is CNC(=O)c1cccc(C(=O)NCCCCN)c1. The molecule has 1 aromatic carbocycles. The first-order chi connectivity index (χ1) is 8.69. The molecule has 0 saturated carbocycles. The molecule has 0 atom stereocenters. The van der Waals surface area contributed by atoms with E-state index in [4.69, 9.17) is 5.73 Å². The van der Waals surface area contributed by atoms with Crippen LogP contribution in [0.15, 0.2) is 24.3 Å². The molecule has 0 aliphatic heterocycles. The molecular weight excluding hydrogens is 230 g/mol. The summed E-state index contributed by atoms with van der Waals surface area (Å²) in [5.74, 6) is -0.370. The van der Waals surface area contributed by atoms with E-state index in [2.05, 4.69) is 10.6 Å². The lowest BCUT2D eigenvalue weighted by atomic mass is 10.1. The van der Waals surface area contributed by atoms with Gasteiger partial charge in [0.2, 0.25) is 0 Å². The number of unbranched alkanes of at least 4 members (excludes halogenated alkanes) is 1. The van der Waals surface area contributed by atoms with E-state index in [1.807, 2.05) is 0 Å². The molecule has 0 heterocycles. The molecule has 0 spiro atoms. The Morgan fingerprint density at radius 1 is 1.17 bits per heavy atom. The van der Waals surface area contributed by atoms with Gasteiger partial charge in [-0.25, -0.2) is 0 Å². The van der Waals surface area contributed by atoms with Gasteiger partial charge in [0.1, 0.15) is 0 Å². The summed E-state index contributed by atoms with van der Waals surface area (Å²) >= 11 is 0. The lowest BCUT2D eigenvalue weighted by Crippen LogP contribution is -2.25. The van der Waals surface area contributed by atoms with E-state index >= 15 is 0 Å². The summed E-state index contributed by atoms with van der Waals surface area (Å²) in [7, 11) is 1.56. The highest BCUT2D eigenvalue weighted by Crippen LogP contribution is 2.05. The molecule has 1 aromatic rings. The summed E-state index contributed by atoms with van der Waals surface area (Å²) < 4.78 is 0. The first kappa shape index (κ1) is 14.2. The molecule has 0 aliphatic carbocycles. The lowest BCUT2D eigenvalue weighted by Gasteiger charge is -2.06. The Morgan fingerprint density at radius 3 is 2.44 bits per heavy atom. The minimum Gasteiger partial charge on any atom is -0.355 e. The third kappa shape index (κ3) is 4.18. The molecular formula is C13H19N3O2. The maximum Gasteiger partial charge on any atom is 0.251 e. The fraction of sp³-hybridized carbons (Fsp3) is 0.385. The first-order valence-corrected chi connectivity index (χ1v) is 5.99. The standard InChI is InChI=1S/C13H19N3O2/c1-15-12(17)10-5-4-6-11(9-10)13(18)16-8-3-2-7-14/h4-6,9H,2-3,7-8,14H2,1H3,(H,15,17)(H,16,18). The fourth-order valence-electron chi connectivity index (χ4n) is 1.52. The summed E-state index contributed by atoms with van der Waals surface area (Å²) in [6.45, 7) is 1.22. The quantitative estimate of drug-likeness (QED) is 0.642. The summed E-state index contributed by atoms with van der Waals surface area (Å²) in [6, 6.07) is 6.63. The molecule has 0 aliphatic rings. The first-order valence-electron chi connectivity index (χ1n) is 5.99. The van der Waals surface area contributed by atoms with E-state index in [0.717, 1.165) is 12.8 Å². The maximum absolute atomic E-state index is 11.8. The third-order valence-corrected chi connectivity index (χ3v) is 2.53. The van der Waals surface area contributed by atoms with Crippen molar-refractivity contribution >= 4 is 11.8 Å². The van der Waals surface area contributed by atoms with Gasteiger partial charge < -0.3 is 16.4 Å². The zero-order valence-corrected chi connectivity index (χ0v) is 10.5. The van der Waals surface area contributed by atoms with Crippen LogP contribution in [0, 0.1) is 0 Å². The average molecular weight is 249 g/mol. The van der Waals surface area contributed by atoms with E-state index in [1.165, 1.54) is 0 Å². The summed E-state index contributed by atoms with van der Waals surface area (Å²) in [4.78, 5) is 23.2. The molecule has 4 N–H and O–H groups in total. The highest BCUT2D eigenvalue weighted by molar-refractivity contribution is 5.99.